The van der Waals surface area contributed by atoms with Crippen molar-refractivity contribution in [1.82, 2.24) is 0 Å². The maximum absolute atomic E-state index is 5.25. The monoisotopic (exact) mass is 170 g/mol. The molecule has 0 bridgehead atoms. The lowest BCUT2D eigenvalue weighted by Gasteiger charge is -1.98. The lowest BCUT2D eigenvalue weighted by Crippen LogP contribution is -1.94. The minimum Gasteiger partial charge on any atom is -0.479 e. The van der Waals surface area contributed by atoms with E-state index in [1.807, 2.05) is 19.1 Å². The van der Waals surface area contributed by atoms with Crippen LogP contribution in [0.2, 0.25) is 0 Å². The Bertz CT molecular complexity index is 252. The first-order valence-electron chi connectivity index (χ1n) is 3.37. The highest BCUT2D eigenvalue weighted by Gasteiger charge is 1.97. The molecule has 0 unspecified atom stereocenters. The molecule has 0 fully saturated rings. The van der Waals surface area contributed by atoms with Crippen molar-refractivity contribution < 1.29 is 9.15 Å². The lowest BCUT2D eigenvalue weighted by molar-refractivity contribution is 0.260. The van der Waals surface area contributed by atoms with Crippen molar-refractivity contribution in [2.24, 2.45) is 0 Å². The third-order valence-corrected chi connectivity index (χ3v) is 1.33. The molecule has 2 nitrogen and oxygen atoms in total. The Morgan fingerprint density at radius 1 is 1.64 bits per heavy atom. The van der Waals surface area contributed by atoms with E-state index in [1.54, 1.807) is 6.92 Å². The Hall–Kier alpha value is -0.830. The van der Waals surface area contributed by atoms with E-state index in [1.165, 1.54) is 0 Å². The standard InChI is InChI=1S/C8H10O2S/c1-6-3-4-8(10-6)5-9-7(2)11/h3-4H,5H2,1-2H3. The fourth-order valence-corrected chi connectivity index (χ4v) is 0.794. The van der Waals surface area contributed by atoms with E-state index < -0.39 is 0 Å². The van der Waals surface area contributed by atoms with Gasteiger partial charge in [-0.25, -0.2) is 0 Å². The highest BCUT2D eigenvalue weighted by atomic mass is 32.1. The topological polar surface area (TPSA) is 22.4 Å². The van der Waals surface area contributed by atoms with E-state index in [9.17, 15) is 0 Å². The van der Waals surface area contributed by atoms with Crippen molar-refractivity contribution >= 4 is 17.3 Å². The van der Waals surface area contributed by atoms with Crippen LogP contribution < -0.4 is 0 Å². The normalized spacial score (nSPS) is 9.64. The van der Waals surface area contributed by atoms with Gasteiger partial charge in [0.05, 0.1) is 0 Å². The maximum atomic E-state index is 5.25. The highest BCUT2D eigenvalue weighted by Crippen LogP contribution is 2.07. The quantitative estimate of drug-likeness (QED) is 0.636. The molecule has 0 N–H and O–H groups in total. The van der Waals surface area contributed by atoms with Crippen molar-refractivity contribution in [2.45, 2.75) is 20.5 Å². The van der Waals surface area contributed by atoms with Crippen LogP contribution in [0.25, 0.3) is 0 Å². The number of hydrogen-bond donors (Lipinski definition) is 0. The Morgan fingerprint density at radius 2 is 2.36 bits per heavy atom. The third-order valence-electron chi connectivity index (χ3n) is 1.21. The van der Waals surface area contributed by atoms with Crippen LogP contribution in [-0.2, 0) is 11.3 Å². The summed E-state index contributed by atoms with van der Waals surface area (Å²) in [5.74, 6) is 1.71. The van der Waals surface area contributed by atoms with Crippen LogP contribution in [-0.4, -0.2) is 5.05 Å². The molecule has 0 saturated carbocycles. The summed E-state index contributed by atoms with van der Waals surface area (Å²) in [6.07, 6.45) is 0. The maximum Gasteiger partial charge on any atom is 0.157 e. The Kier molecular flexibility index (Phi) is 2.65. The van der Waals surface area contributed by atoms with Gasteiger partial charge in [-0.2, -0.15) is 0 Å². The van der Waals surface area contributed by atoms with E-state index in [2.05, 4.69) is 0 Å². The Morgan fingerprint density at radius 3 is 2.82 bits per heavy atom. The molecule has 1 heterocycles. The van der Waals surface area contributed by atoms with Gasteiger partial charge in [0.15, 0.2) is 5.05 Å². The molecule has 1 aromatic heterocycles. The van der Waals surface area contributed by atoms with Crippen LogP contribution in [0, 0.1) is 6.92 Å². The van der Waals surface area contributed by atoms with E-state index in [0.717, 1.165) is 11.5 Å². The van der Waals surface area contributed by atoms with Crippen LogP contribution in [0.15, 0.2) is 16.5 Å². The zero-order chi connectivity index (χ0) is 8.27. The summed E-state index contributed by atoms with van der Waals surface area (Å²) < 4.78 is 10.3. The number of ether oxygens (including phenoxy) is 1. The summed E-state index contributed by atoms with van der Waals surface area (Å²) in [4.78, 5) is 0. The minimum absolute atomic E-state index is 0.434. The number of thiocarbonyl (C=S) groups is 1. The van der Waals surface area contributed by atoms with Gasteiger partial charge in [0, 0.05) is 6.92 Å². The second-order valence-electron chi connectivity index (χ2n) is 2.29. The minimum atomic E-state index is 0.434. The van der Waals surface area contributed by atoms with E-state index in [-0.39, 0.29) is 0 Å². The van der Waals surface area contributed by atoms with E-state index in [0.29, 0.717) is 11.7 Å². The number of hydrogen-bond acceptors (Lipinski definition) is 3. The molecule has 1 rings (SSSR count). The first kappa shape index (κ1) is 8.27. The number of furan rings is 1. The molecule has 0 atom stereocenters. The summed E-state index contributed by atoms with van der Waals surface area (Å²) in [6, 6.07) is 3.78. The summed E-state index contributed by atoms with van der Waals surface area (Å²) in [7, 11) is 0. The molecule has 1 aromatic rings. The molecule has 0 aromatic carbocycles. The second kappa shape index (κ2) is 3.53. The van der Waals surface area contributed by atoms with Crippen LogP contribution in [0.5, 0.6) is 0 Å². The van der Waals surface area contributed by atoms with Crippen LogP contribution in [0.4, 0.5) is 0 Å². The molecule has 3 heteroatoms. The first-order valence-corrected chi connectivity index (χ1v) is 3.78. The van der Waals surface area contributed by atoms with Crippen LogP contribution in [0.3, 0.4) is 0 Å². The fourth-order valence-electron chi connectivity index (χ4n) is 0.735. The van der Waals surface area contributed by atoms with E-state index in [4.69, 9.17) is 21.4 Å². The second-order valence-corrected chi connectivity index (χ2v) is 2.87. The molecular formula is C8H10O2S. The van der Waals surface area contributed by atoms with Gasteiger partial charge in [-0.3, -0.25) is 0 Å². The molecule has 0 aliphatic carbocycles. The van der Waals surface area contributed by atoms with Gasteiger partial charge >= 0.3 is 0 Å². The molecule has 11 heavy (non-hydrogen) atoms. The summed E-state index contributed by atoms with van der Waals surface area (Å²) >= 11 is 4.74. The first-order chi connectivity index (χ1) is 5.18. The Balaban J connectivity index is 2.45. The SMILES string of the molecule is CC(=S)OCc1ccc(C)o1. The number of rotatable bonds is 2. The van der Waals surface area contributed by atoms with Gasteiger partial charge in [-0.15, -0.1) is 0 Å². The predicted octanol–water partition coefficient (Wildman–Crippen LogP) is 2.45. The van der Waals surface area contributed by atoms with Crippen LogP contribution >= 0.6 is 12.2 Å². The predicted molar refractivity (Wildman–Crippen MR) is 46.5 cm³/mol. The van der Waals surface area contributed by atoms with Crippen molar-refractivity contribution in [1.29, 1.82) is 0 Å². The number of aryl methyl sites for hydroxylation is 1. The van der Waals surface area contributed by atoms with E-state index >= 15 is 0 Å². The van der Waals surface area contributed by atoms with Gasteiger partial charge in [0.25, 0.3) is 0 Å². The van der Waals surface area contributed by atoms with Gasteiger partial charge in [-0.1, -0.05) is 0 Å². The van der Waals surface area contributed by atoms with Crippen molar-refractivity contribution in [2.75, 3.05) is 0 Å². The summed E-state index contributed by atoms with van der Waals surface area (Å²) in [5, 5.41) is 0.541. The zero-order valence-corrected chi connectivity index (χ0v) is 7.40. The molecular weight excluding hydrogens is 160 g/mol. The van der Waals surface area contributed by atoms with Gasteiger partial charge in [0.2, 0.25) is 0 Å². The van der Waals surface area contributed by atoms with Gasteiger partial charge < -0.3 is 9.15 Å². The summed E-state index contributed by atoms with van der Waals surface area (Å²) in [6.45, 7) is 4.07. The summed E-state index contributed by atoms with van der Waals surface area (Å²) in [5.41, 5.74) is 0. The smallest absolute Gasteiger partial charge is 0.157 e. The molecule has 0 aliphatic heterocycles. The average Bonchev–Trinajstić information content (AvgIpc) is 2.31. The van der Waals surface area contributed by atoms with Crippen LogP contribution in [0.1, 0.15) is 18.4 Å². The molecule has 0 saturated heterocycles. The molecule has 60 valence electrons. The lowest BCUT2D eigenvalue weighted by atomic mass is 10.4. The van der Waals surface area contributed by atoms with Gasteiger partial charge in [-0.05, 0) is 31.3 Å². The zero-order valence-electron chi connectivity index (χ0n) is 6.59. The van der Waals surface area contributed by atoms with Crippen molar-refractivity contribution in [3.8, 4) is 0 Å². The molecule has 0 amide bonds. The third kappa shape index (κ3) is 2.72. The molecule has 0 spiro atoms. The fraction of sp³-hybridized carbons (Fsp3) is 0.375. The molecule has 0 radical (unpaired) electrons. The van der Waals surface area contributed by atoms with Crippen molar-refractivity contribution in [3.05, 3.63) is 23.7 Å². The molecule has 0 aliphatic rings. The highest BCUT2D eigenvalue weighted by molar-refractivity contribution is 7.80. The largest absolute Gasteiger partial charge is 0.479 e. The average molecular weight is 170 g/mol. The van der Waals surface area contributed by atoms with Crippen molar-refractivity contribution in [3.63, 3.8) is 0 Å². The van der Waals surface area contributed by atoms with Gasteiger partial charge in [0.1, 0.15) is 18.1 Å². The Labute approximate surface area is 71.2 Å².